The van der Waals surface area contributed by atoms with Crippen molar-refractivity contribution in [2.45, 2.75) is 19.3 Å². The lowest BCUT2D eigenvalue weighted by molar-refractivity contribution is -0.138. The predicted octanol–water partition coefficient (Wildman–Crippen LogP) is 2.67. The van der Waals surface area contributed by atoms with Crippen LogP contribution in [0.5, 0.6) is 11.5 Å². The van der Waals surface area contributed by atoms with Gasteiger partial charge in [-0.3, -0.25) is 9.59 Å². The van der Waals surface area contributed by atoms with Crippen LogP contribution >= 0.6 is 0 Å². The van der Waals surface area contributed by atoms with Gasteiger partial charge in [0.05, 0.1) is 6.42 Å². The zero-order valence-corrected chi connectivity index (χ0v) is 14.5. The number of carbonyl (C=O) groups excluding carboxylic acids is 1. The van der Waals surface area contributed by atoms with Gasteiger partial charge in [0.2, 0.25) is 5.91 Å². The van der Waals surface area contributed by atoms with Crippen LogP contribution in [0.2, 0.25) is 0 Å². The summed E-state index contributed by atoms with van der Waals surface area (Å²) < 4.78 is 11.3. The van der Waals surface area contributed by atoms with Crippen molar-refractivity contribution in [2.75, 3.05) is 19.8 Å². The molecule has 0 heterocycles. The van der Waals surface area contributed by atoms with E-state index in [1.54, 1.807) is 0 Å². The lowest BCUT2D eigenvalue weighted by Gasteiger charge is -2.10. The Kier molecular flexibility index (Phi) is 7.99. The lowest BCUT2D eigenvalue weighted by Crippen LogP contribution is -2.26. The fourth-order valence-corrected chi connectivity index (χ4v) is 2.28. The van der Waals surface area contributed by atoms with Crippen LogP contribution in [0.4, 0.5) is 0 Å². The van der Waals surface area contributed by atoms with E-state index in [-0.39, 0.29) is 18.7 Å². The summed E-state index contributed by atoms with van der Waals surface area (Å²) in [6.07, 6.45) is 0.497. The van der Waals surface area contributed by atoms with E-state index in [0.29, 0.717) is 26.2 Å². The average molecular weight is 357 g/mol. The van der Waals surface area contributed by atoms with E-state index in [2.05, 4.69) is 5.32 Å². The maximum Gasteiger partial charge on any atom is 0.303 e. The Balaban J connectivity index is 1.67. The Morgan fingerprint density at radius 1 is 0.885 bits per heavy atom. The molecule has 6 heteroatoms. The van der Waals surface area contributed by atoms with Crippen LogP contribution in [0.1, 0.15) is 18.4 Å². The number of carboxylic acid groups (broad SMARTS) is 1. The molecule has 0 unspecified atom stereocenters. The third-order valence-electron chi connectivity index (χ3n) is 3.56. The number of benzene rings is 2. The van der Waals surface area contributed by atoms with E-state index in [4.69, 9.17) is 14.6 Å². The molecule has 0 bridgehead atoms. The highest BCUT2D eigenvalue weighted by Gasteiger charge is 2.05. The molecular formula is C20H23NO5. The molecule has 26 heavy (non-hydrogen) atoms. The molecule has 2 rings (SSSR count). The summed E-state index contributed by atoms with van der Waals surface area (Å²) in [6.45, 7) is 1.34. The summed E-state index contributed by atoms with van der Waals surface area (Å²) in [5.41, 5.74) is 1.03. The minimum Gasteiger partial charge on any atom is -0.490 e. The highest BCUT2D eigenvalue weighted by Crippen LogP contribution is 2.14. The molecule has 6 nitrogen and oxygen atoms in total. The van der Waals surface area contributed by atoms with Crippen molar-refractivity contribution in [1.29, 1.82) is 0 Å². The van der Waals surface area contributed by atoms with E-state index >= 15 is 0 Å². The van der Waals surface area contributed by atoms with E-state index in [9.17, 15) is 9.59 Å². The lowest BCUT2D eigenvalue weighted by atomic mass is 10.1. The minimum absolute atomic E-state index is 0.000101. The highest BCUT2D eigenvalue weighted by atomic mass is 16.5. The number of aliphatic carboxylic acids is 1. The molecule has 1 amide bonds. The summed E-state index contributed by atoms with van der Waals surface area (Å²) >= 11 is 0. The molecule has 0 saturated heterocycles. The molecule has 0 aliphatic heterocycles. The van der Waals surface area contributed by atoms with Crippen molar-refractivity contribution in [3.05, 3.63) is 60.2 Å². The van der Waals surface area contributed by atoms with Crippen molar-refractivity contribution in [2.24, 2.45) is 0 Å². The van der Waals surface area contributed by atoms with E-state index < -0.39 is 5.97 Å². The first-order valence-corrected chi connectivity index (χ1v) is 8.51. The summed E-state index contributed by atoms with van der Waals surface area (Å²) in [7, 11) is 0. The molecule has 2 aromatic rings. The van der Waals surface area contributed by atoms with Crippen LogP contribution in [-0.2, 0) is 16.0 Å². The number of carbonyl (C=O) groups is 2. The van der Waals surface area contributed by atoms with Crippen LogP contribution in [0.15, 0.2) is 54.6 Å². The maximum absolute atomic E-state index is 11.5. The number of rotatable bonds is 11. The molecule has 138 valence electrons. The van der Waals surface area contributed by atoms with Gasteiger partial charge in [0.1, 0.15) is 24.7 Å². The van der Waals surface area contributed by atoms with E-state index in [0.717, 1.165) is 17.1 Å². The van der Waals surface area contributed by atoms with Gasteiger partial charge in [-0.15, -0.1) is 0 Å². The molecule has 0 aliphatic rings. The van der Waals surface area contributed by atoms with Gasteiger partial charge in [0, 0.05) is 13.0 Å². The summed E-state index contributed by atoms with van der Waals surface area (Å²) in [6, 6.07) is 17.2. The highest BCUT2D eigenvalue weighted by molar-refractivity contribution is 5.80. The van der Waals surface area contributed by atoms with Gasteiger partial charge in [-0.2, -0.15) is 0 Å². The molecule has 0 atom stereocenters. The zero-order chi connectivity index (χ0) is 18.6. The molecular weight excluding hydrogens is 334 g/mol. The van der Waals surface area contributed by atoms with Gasteiger partial charge in [-0.05, 0) is 36.2 Å². The number of hydrogen-bond acceptors (Lipinski definition) is 4. The molecule has 2 aromatic carbocycles. The molecule has 0 saturated carbocycles. The van der Waals surface area contributed by atoms with Crippen LogP contribution in [-0.4, -0.2) is 36.7 Å². The monoisotopic (exact) mass is 357 g/mol. The summed E-state index contributed by atoms with van der Waals surface area (Å²) in [5, 5.41) is 11.3. The van der Waals surface area contributed by atoms with Gasteiger partial charge < -0.3 is 19.9 Å². The van der Waals surface area contributed by atoms with Crippen LogP contribution in [0.25, 0.3) is 0 Å². The second kappa shape index (κ2) is 10.8. The Labute approximate surface area is 152 Å². The molecule has 0 radical (unpaired) electrons. The maximum atomic E-state index is 11.5. The Hall–Kier alpha value is -3.02. The van der Waals surface area contributed by atoms with Crippen LogP contribution in [0, 0.1) is 0 Å². The standard InChI is InChI=1S/C20H23NO5/c22-19(9-10-20(23)24)21-12-11-16-5-4-8-18(15-16)26-14-13-25-17-6-2-1-3-7-17/h1-8,15H,9-14H2,(H,21,22)(H,23,24). The zero-order valence-electron chi connectivity index (χ0n) is 14.5. The van der Waals surface area contributed by atoms with Crippen molar-refractivity contribution in [1.82, 2.24) is 5.32 Å². The first-order valence-electron chi connectivity index (χ1n) is 8.51. The van der Waals surface area contributed by atoms with Crippen molar-refractivity contribution in [3.63, 3.8) is 0 Å². The number of nitrogens with one attached hydrogen (secondary N) is 1. The predicted molar refractivity (Wildman–Crippen MR) is 97.5 cm³/mol. The average Bonchev–Trinajstić information content (AvgIpc) is 2.65. The largest absolute Gasteiger partial charge is 0.490 e. The minimum atomic E-state index is -0.971. The van der Waals surface area contributed by atoms with Gasteiger partial charge >= 0.3 is 5.97 Å². The first-order chi connectivity index (χ1) is 12.6. The fourth-order valence-electron chi connectivity index (χ4n) is 2.28. The van der Waals surface area contributed by atoms with Gasteiger partial charge in [0.25, 0.3) is 0 Å². The first kappa shape index (κ1) is 19.3. The summed E-state index contributed by atoms with van der Waals surface area (Å²) in [4.78, 5) is 21.9. The molecule has 0 spiro atoms. The third-order valence-corrected chi connectivity index (χ3v) is 3.56. The van der Waals surface area contributed by atoms with E-state index in [1.165, 1.54) is 0 Å². The SMILES string of the molecule is O=C(O)CCC(=O)NCCc1cccc(OCCOc2ccccc2)c1. The topological polar surface area (TPSA) is 84.9 Å². The molecule has 0 aromatic heterocycles. The second-order valence-corrected chi connectivity index (χ2v) is 5.65. The smallest absolute Gasteiger partial charge is 0.303 e. The van der Waals surface area contributed by atoms with Gasteiger partial charge in [-0.25, -0.2) is 0 Å². The number of amides is 1. The normalized spacial score (nSPS) is 10.2. The number of hydrogen-bond donors (Lipinski definition) is 2. The van der Waals surface area contributed by atoms with Gasteiger partial charge in [0.15, 0.2) is 0 Å². The second-order valence-electron chi connectivity index (χ2n) is 5.65. The Bertz CT molecular complexity index is 702. The van der Waals surface area contributed by atoms with E-state index in [1.807, 2.05) is 54.6 Å². The summed E-state index contributed by atoms with van der Waals surface area (Å²) in [5.74, 6) is 0.332. The van der Waals surface area contributed by atoms with Crippen molar-refractivity contribution >= 4 is 11.9 Å². The van der Waals surface area contributed by atoms with Crippen molar-refractivity contribution < 1.29 is 24.2 Å². The molecule has 0 fully saturated rings. The quantitative estimate of drug-likeness (QED) is 0.604. The number of ether oxygens (including phenoxy) is 2. The van der Waals surface area contributed by atoms with Gasteiger partial charge in [-0.1, -0.05) is 30.3 Å². The van der Waals surface area contributed by atoms with Crippen LogP contribution < -0.4 is 14.8 Å². The number of carboxylic acids is 1. The molecule has 0 aliphatic carbocycles. The fraction of sp³-hybridized carbons (Fsp3) is 0.300. The third kappa shape index (κ3) is 7.70. The Morgan fingerprint density at radius 2 is 1.58 bits per heavy atom. The number of para-hydroxylation sites is 1. The van der Waals surface area contributed by atoms with Crippen molar-refractivity contribution in [3.8, 4) is 11.5 Å². The Morgan fingerprint density at radius 3 is 2.31 bits per heavy atom. The van der Waals surface area contributed by atoms with Crippen LogP contribution in [0.3, 0.4) is 0 Å². The molecule has 2 N–H and O–H groups in total.